The maximum absolute atomic E-state index is 13.1. The number of hydrogen-bond acceptors (Lipinski definition) is 7. The van der Waals surface area contributed by atoms with Crippen LogP contribution in [0.15, 0.2) is 29.8 Å². The van der Waals surface area contributed by atoms with E-state index in [0.29, 0.717) is 19.6 Å². The van der Waals surface area contributed by atoms with E-state index in [4.69, 9.17) is 0 Å². The summed E-state index contributed by atoms with van der Waals surface area (Å²) in [7, 11) is 0. The van der Waals surface area contributed by atoms with Crippen molar-refractivity contribution < 1.29 is 19.5 Å². The number of aliphatic hydroxyl groups is 1. The van der Waals surface area contributed by atoms with Crippen LogP contribution in [-0.2, 0) is 20.9 Å². The molecule has 3 heterocycles. The molecule has 0 spiro atoms. The van der Waals surface area contributed by atoms with Gasteiger partial charge in [0.1, 0.15) is 12.1 Å². The lowest BCUT2D eigenvalue weighted by atomic mass is 10.1. The van der Waals surface area contributed by atoms with Crippen LogP contribution in [0.3, 0.4) is 0 Å². The fourth-order valence-electron chi connectivity index (χ4n) is 4.37. The molecule has 0 radical (unpaired) electrons. The number of aryl methyl sites for hydroxylation is 1. The fraction of sp³-hybridized carbons (Fsp3) is 0.478. The fourth-order valence-corrected chi connectivity index (χ4v) is 5.18. The molecule has 2 aliphatic heterocycles. The van der Waals surface area contributed by atoms with Crippen molar-refractivity contribution in [1.82, 2.24) is 25.4 Å². The Balaban J connectivity index is 1.38. The van der Waals surface area contributed by atoms with Crippen LogP contribution in [0.2, 0.25) is 0 Å². The zero-order valence-corrected chi connectivity index (χ0v) is 19.6. The first-order chi connectivity index (χ1) is 15.8. The van der Waals surface area contributed by atoms with Crippen LogP contribution < -0.4 is 10.6 Å². The molecule has 2 aliphatic rings. The Kier molecular flexibility index (Phi) is 7.06. The maximum Gasteiger partial charge on any atom is 0.245 e. The molecule has 4 rings (SSSR count). The van der Waals surface area contributed by atoms with Gasteiger partial charge in [0.15, 0.2) is 0 Å². The van der Waals surface area contributed by atoms with Crippen molar-refractivity contribution in [2.75, 3.05) is 26.2 Å². The minimum absolute atomic E-state index is 0.0877. The number of β-amino-alcohol motifs (C(OH)–C–C–N with tert-alkyl or cyclic N) is 1. The van der Waals surface area contributed by atoms with Gasteiger partial charge < -0.3 is 25.5 Å². The smallest absolute Gasteiger partial charge is 0.245 e. The second-order valence-corrected chi connectivity index (χ2v) is 9.37. The summed E-state index contributed by atoms with van der Waals surface area (Å²) in [6, 6.07) is 6.49. The summed E-state index contributed by atoms with van der Waals surface area (Å²) in [5, 5.41) is 16.1. The molecule has 3 atom stereocenters. The van der Waals surface area contributed by atoms with E-state index < -0.39 is 18.2 Å². The van der Waals surface area contributed by atoms with Crippen LogP contribution in [0.5, 0.6) is 0 Å². The molecule has 3 N–H and O–H groups in total. The molecule has 176 valence electrons. The van der Waals surface area contributed by atoms with Gasteiger partial charge >= 0.3 is 0 Å². The molecule has 0 aliphatic carbocycles. The average Bonchev–Trinajstić information content (AvgIpc) is 3.42. The van der Waals surface area contributed by atoms with Gasteiger partial charge in [-0.3, -0.25) is 14.4 Å². The van der Waals surface area contributed by atoms with Crippen molar-refractivity contribution in [3.05, 3.63) is 41.0 Å². The summed E-state index contributed by atoms with van der Waals surface area (Å²) >= 11 is 1.59. The van der Waals surface area contributed by atoms with Crippen LogP contribution in [0, 0.1) is 6.92 Å². The minimum atomic E-state index is -0.766. The Bertz CT molecular complexity index is 1020. The SMILES string of the molecule is Cc1ncsc1-c1ccc(CNC(=O)C2CC(O)CN2C(=O)C(C)N2CCNCC2=O)cc1. The molecule has 0 saturated carbocycles. The second-order valence-electron chi connectivity index (χ2n) is 8.52. The Morgan fingerprint density at radius 1 is 1.33 bits per heavy atom. The molecule has 1 aromatic carbocycles. The second kappa shape index (κ2) is 9.98. The van der Waals surface area contributed by atoms with Gasteiger partial charge in [-0.2, -0.15) is 0 Å². The minimum Gasteiger partial charge on any atom is -0.391 e. The Morgan fingerprint density at radius 3 is 2.76 bits per heavy atom. The van der Waals surface area contributed by atoms with Crippen LogP contribution in [0.25, 0.3) is 10.4 Å². The van der Waals surface area contributed by atoms with E-state index >= 15 is 0 Å². The lowest BCUT2D eigenvalue weighted by Crippen LogP contribution is -2.58. The van der Waals surface area contributed by atoms with Gasteiger partial charge in [0.05, 0.1) is 28.7 Å². The number of nitrogens with zero attached hydrogens (tertiary/aromatic N) is 3. The van der Waals surface area contributed by atoms with Crippen molar-refractivity contribution in [3.8, 4) is 10.4 Å². The number of piperazine rings is 1. The van der Waals surface area contributed by atoms with Gasteiger partial charge in [-0.05, 0) is 25.0 Å². The lowest BCUT2D eigenvalue weighted by Gasteiger charge is -2.35. The van der Waals surface area contributed by atoms with E-state index in [9.17, 15) is 19.5 Å². The predicted molar refractivity (Wildman–Crippen MR) is 124 cm³/mol. The van der Waals surface area contributed by atoms with E-state index in [1.807, 2.05) is 36.7 Å². The van der Waals surface area contributed by atoms with Crippen molar-refractivity contribution in [3.63, 3.8) is 0 Å². The topological polar surface area (TPSA) is 115 Å². The Morgan fingerprint density at radius 2 is 2.09 bits per heavy atom. The van der Waals surface area contributed by atoms with E-state index in [1.165, 1.54) is 9.80 Å². The van der Waals surface area contributed by atoms with Crippen molar-refractivity contribution >= 4 is 29.1 Å². The van der Waals surface area contributed by atoms with Crippen molar-refractivity contribution in [2.24, 2.45) is 0 Å². The summed E-state index contributed by atoms with van der Waals surface area (Å²) in [5.41, 5.74) is 4.82. The number of nitrogens with one attached hydrogen (secondary N) is 2. The first-order valence-corrected chi connectivity index (χ1v) is 12.0. The number of thiazole rings is 1. The number of benzene rings is 1. The van der Waals surface area contributed by atoms with Gasteiger partial charge in [-0.25, -0.2) is 4.98 Å². The summed E-state index contributed by atoms with van der Waals surface area (Å²) in [6.07, 6.45) is -0.582. The number of aromatic nitrogens is 1. The molecule has 2 fully saturated rings. The van der Waals surface area contributed by atoms with Gasteiger partial charge in [0.2, 0.25) is 17.7 Å². The quantitative estimate of drug-likeness (QED) is 0.566. The Hall–Kier alpha value is -2.82. The van der Waals surface area contributed by atoms with E-state index in [1.54, 1.807) is 18.3 Å². The normalized spacial score (nSPS) is 21.8. The number of amides is 3. The summed E-state index contributed by atoms with van der Waals surface area (Å²) < 4.78 is 0. The zero-order valence-electron chi connectivity index (χ0n) is 18.8. The molecular weight excluding hydrogens is 442 g/mol. The number of rotatable bonds is 6. The van der Waals surface area contributed by atoms with Crippen LogP contribution >= 0.6 is 11.3 Å². The van der Waals surface area contributed by atoms with Gasteiger partial charge in [0, 0.05) is 32.6 Å². The summed E-state index contributed by atoms with van der Waals surface area (Å²) in [6.45, 7) is 5.32. The third-order valence-electron chi connectivity index (χ3n) is 6.24. The molecule has 3 unspecified atom stereocenters. The third kappa shape index (κ3) is 5.07. The lowest BCUT2D eigenvalue weighted by molar-refractivity contribution is -0.148. The number of hydrogen-bond donors (Lipinski definition) is 3. The molecule has 3 amide bonds. The average molecular weight is 472 g/mol. The summed E-state index contributed by atoms with van der Waals surface area (Å²) in [4.78, 5) is 46.6. The molecule has 0 bridgehead atoms. The third-order valence-corrected chi connectivity index (χ3v) is 7.22. The zero-order chi connectivity index (χ0) is 23.5. The highest BCUT2D eigenvalue weighted by Crippen LogP contribution is 2.27. The number of carbonyl (C=O) groups is 3. The Labute approximate surface area is 196 Å². The van der Waals surface area contributed by atoms with Gasteiger partial charge in [-0.1, -0.05) is 24.3 Å². The molecule has 2 aromatic rings. The van der Waals surface area contributed by atoms with Crippen LogP contribution in [0.1, 0.15) is 24.6 Å². The largest absolute Gasteiger partial charge is 0.391 e. The monoisotopic (exact) mass is 471 g/mol. The highest BCUT2D eigenvalue weighted by atomic mass is 32.1. The van der Waals surface area contributed by atoms with Gasteiger partial charge in [-0.15, -0.1) is 11.3 Å². The maximum atomic E-state index is 13.1. The molecule has 10 heteroatoms. The standard InChI is InChI=1S/C23H29N5O4S/c1-14-21(33-13-26-14)17-5-3-16(4-6-17)10-25-22(31)19-9-18(29)12-28(19)23(32)15(2)27-8-7-24-11-20(27)30/h3-6,13,15,18-19,24,29H,7-12H2,1-2H3,(H,25,31). The van der Waals surface area contributed by atoms with E-state index in [2.05, 4.69) is 15.6 Å². The highest BCUT2D eigenvalue weighted by molar-refractivity contribution is 7.13. The van der Waals surface area contributed by atoms with E-state index in [-0.39, 0.29) is 37.2 Å². The molecular formula is C23H29N5O4S. The van der Waals surface area contributed by atoms with E-state index in [0.717, 1.165) is 21.7 Å². The van der Waals surface area contributed by atoms with Crippen molar-refractivity contribution in [1.29, 1.82) is 0 Å². The number of likely N-dealkylation sites (tertiary alicyclic amines) is 1. The first-order valence-electron chi connectivity index (χ1n) is 11.1. The first kappa shape index (κ1) is 23.3. The van der Waals surface area contributed by atoms with Gasteiger partial charge in [0.25, 0.3) is 0 Å². The summed E-state index contributed by atoms with van der Waals surface area (Å²) in [5.74, 6) is -0.757. The molecule has 2 saturated heterocycles. The molecule has 1 aromatic heterocycles. The number of carbonyl (C=O) groups excluding carboxylic acids is 3. The highest BCUT2D eigenvalue weighted by Gasteiger charge is 2.42. The van der Waals surface area contributed by atoms with Crippen LogP contribution in [0.4, 0.5) is 0 Å². The molecule has 9 nitrogen and oxygen atoms in total. The van der Waals surface area contributed by atoms with Crippen LogP contribution in [-0.4, -0.2) is 82.0 Å². The predicted octanol–water partition coefficient (Wildman–Crippen LogP) is 0.517. The van der Waals surface area contributed by atoms with Crippen molar-refractivity contribution in [2.45, 2.75) is 45.0 Å². The number of aliphatic hydroxyl groups excluding tert-OH is 1. The molecule has 33 heavy (non-hydrogen) atoms.